The van der Waals surface area contributed by atoms with Gasteiger partial charge in [-0.05, 0) is 34.5 Å². The monoisotopic (exact) mass is 362 g/mol. The molecule has 1 aromatic carbocycles. The maximum atomic E-state index is 12.4. The van der Waals surface area contributed by atoms with E-state index in [0.717, 1.165) is 12.2 Å². The van der Waals surface area contributed by atoms with Crippen LogP contribution in [0.4, 0.5) is 0 Å². The van der Waals surface area contributed by atoms with E-state index in [1.807, 2.05) is 30.3 Å². The lowest BCUT2D eigenvalue weighted by Gasteiger charge is -2.07. The molecule has 0 fully saturated rings. The first-order valence-electron chi connectivity index (χ1n) is 6.92. The first kappa shape index (κ1) is 14.8. The SMILES string of the molecule is Cn1nc(Br)c2c(=O)n(CCCOc3ccccc3)cnc21. The van der Waals surface area contributed by atoms with Crippen LogP contribution in [-0.2, 0) is 13.6 Å². The van der Waals surface area contributed by atoms with Gasteiger partial charge in [0.1, 0.15) is 15.7 Å². The van der Waals surface area contributed by atoms with Crippen LogP contribution >= 0.6 is 15.9 Å². The van der Waals surface area contributed by atoms with Gasteiger partial charge in [0, 0.05) is 13.6 Å². The van der Waals surface area contributed by atoms with Crippen molar-refractivity contribution >= 4 is 27.0 Å². The van der Waals surface area contributed by atoms with Crippen LogP contribution in [0.5, 0.6) is 5.75 Å². The van der Waals surface area contributed by atoms with Crippen molar-refractivity contribution in [2.75, 3.05) is 6.61 Å². The first-order chi connectivity index (χ1) is 10.7. The van der Waals surface area contributed by atoms with E-state index in [1.165, 1.54) is 0 Å². The Hall–Kier alpha value is -2.15. The van der Waals surface area contributed by atoms with Gasteiger partial charge in [-0.2, -0.15) is 5.10 Å². The number of hydrogen-bond acceptors (Lipinski definition) is 4. The van der Waals surface area contributed by atoms with Crippen LogP contribution in [0.1, 0.15) is 6.42 Å². The van der Waals surface area contributed by atoms with Crippen molar-refractivity contribution in [2.24, 2.45) is 7.05 Å². The van der Waals surface area contributed by atoms with E-state index < -0.39 is 0 Å². The number of aryl methyl sites for hydroxylation is 2. The summed E-state index contributed by atoms with van der Waals surface area (Å²) in [5, 5.41) is 4.67. The van der Waals surface area contributed by atoms with E-state index >= 15 is 0 Å². The predicted molar refractivity (Wildman–Crippen MR) is 87.0 cm³/mol. The summed E-state index contributed by atoms with van der Waals surface area (Å²) < 4.78 is 9.32. The van der Waals surface area contributed by atoms with Gasteiger partial charge >= 0.3 is 0 Å². The van der Waals surface area contributed by atoms with Crippen molar-refractivity contribution < 1.29 is 4.74 Å². The molecule has 0 bridgehead atoms. The van der Waals surface area contributed by atoms with Gasteiger partial charge in [-0.25, -0.2) is 9.67 Å². The molecule has 2 aromatic heterocycles. The lowest BCUT2D eigenvalue weighted by molar-refractivity contribution is 0.301. The quantitative estimate of drug-likeness (QED) is 0.653. The van der Waals surface area contributed by atoms with Gasteiger partial charge in [-0.3, -0.25) is 9.36 Å². The Bertz CT molecular complexity index is 842. The number of halogens is 1. The number of ether oxygens (including phenoxy) is 1. The zero-order valence-corrected chi connectivity index (χ0v) is 13.7. The van der Waals surface area contributed by atoms with Crippen molar-refractivity contribution in [1.29, 1.82) is 0 Å². The zero-order valence-electron chi connectivity index (χ0n) is 12.1. The third kappa shape index (κ3) is 2.89. The van der Waals surface area contributed by atoms with Crippen molar-refractivity contribution in [2.45, 2.75) is 13.0 Å². The number of fused-ring (bicyclic) bond motifs is 1. The van der Waals surface area contributed by atoms with E-state index in [2.05, 4.69) is 26.0 Å². The summed E-state index contributed by atoms with van der Waals surface area (Å²) in [6.45, 7) is 1.10. The molecule has 0 N–H and O–H groups in total. The number of rotatable bonds is 5. The molecule has 0 radical (unpaired) electrons. The maximum Gasteiger partial charge on any atom is 0.265 e. The lowest BCUT2D eigenvalue weighted by Crippen LogP contribution is -2.21. The summed E-state index contributed by atoms with van der Waals surface area (Å²) in [4.78, 5) is 16.7. The molecule has 0 spiro atoms. The van der Waals surface area contributed by atoms with E-state index in [0.29, 0.717) is 28.8 Å². The molecule has 3 rings (SSSR count). The molecule has 6 nitrogen and oxygen atoms in total. The Morgan fingerprint density at radius 1 is 1.27 bits per heavy atom. The van der Waals surface area contributed by atoms with Crippen LogP contribution in [0.15, 0.2) is 46.1 Å². The number of nitrogens with zero attached hydrogens (tertiary/aromatic N) is 4. The molecular formula is C15H15BrN4O2. The van der Waals surface area contributed by atoms with Gasteiger partial charge in [0.15, 0.2) is 5.65 Å². The standard InChI is InChI=1S/C15H15BrN4O2/c1-19-14-12(13(16)18-19)15(21)20(10-17-14)8-5-9-22-11-6-3-2-4-7-11/h2-4,6-7,10H,5,8-9H2,1H3. The Balaban J connectivity index is 1.68. The van der Waals surface area contributed by atoms with Crippen molar-refractivity contribution in [3.8, 4) is 5.75 Å². The van der Waals surface area contributed by atoms with Gasteiger partial charge in [0.25, 0.3) is 5.56 Å². The molecule has 7 heteroatoms. The average molecular weight is 363 g/mol. The first-order valence-corrected chi connectivity index (χ1v) is 7.71. The second-order valence-corrected chi connectivity index (χ2v) is 5.62. The normalized spacial score (nSPS) is 11.0. The van der Waals surface area contributed by atoms with Crippen LogP contribution in [-0.4, -0.2) is 25.9 Å². The molecule has 0 saturated heterocycles. The highest BCUT2D eigenvalue weighted by Gasteiger charge is 2.13. The van der Waals surface area contributed by atoms with E-state index in [1.54, 1.807) is 22.6 Å². The molecule has 0 saturated carbocycles. The molecule has 0 aliphatic heterocycles. The van der Waals surface area contributed by atoms with Gasteiger partial charge in [0.05, 0.1) is 12.9 Å². The minimum atomic E-state index is -0.0929. The highest BCUT2D eigenvalue weighted by molar-refractivity contribution is 9.10. The topological polar surface area (TPSA) is 61.9 Å². The van der Waals surface area contributed by atoms with Gasteiger partial charge in [0.2, 0.25) is 0 Å². The smallest absolute Gasteiger partial charge is 0.265 e. The second-order valence-electron chi connectivity index (χ2n) is 4.87. The Kier molecular flexibility index (Phi) is 4.24. The van der Waals surface area contributed by atoms with Crippen LogP contribution in [0.2, 0.25) is 0 Å². The molecule has 114 valence electrons. The Morgan fingerprint density at radius 2 is 2.05 bits per heavy atom. The molecule has 0 amide bonds. The zero-order chi connectivity index (χ0) is 15.5. The summed E-state index contributed by atoms with van der Waals surface area (Å²) in [6.07, 6.45) is 2.28. The molecule has 3 aromatic rings. The molecular weight excluding hydrogens is 348 g/mol. The highest BCUT2D eigenvalue weighted by atomic mass is 79.9. The number of benzene rings is 1. The maximum absolute atomic E-state index is 12.4. The highest BCUT2D eigenvalue weighted by Crippen LogP contribution is 2.16. The minimum absolute atomic E-state index is 0.0929. The second kappa shape index (κ2) is 6.31. The molecule has 22 heavy (non-hydrogen) atoms. The molecule has 0 aliphatic rings. The molecule has 0 atom stereocenters. The fourth-order valence-electron chi connectivity index (χ4n) is 2.24. The van der Waals surface area contributed by atoms with Crippen molar-refractivity contribution in [1.82, 2.24) is 19.3 Å². The van der Waals surface area contributed by atoms with Crippen LogP contribution in [0.3, 0.4) is 0 Å². The fraction of sp³-hybridized carbons (Fsp3) is 0.267. The summed E-state index contributed by atoms with van der Waals surface area (Å²) in [5.74, 6) is 0.832. The third-order valence-corrected chi connectivity index (χ3v) is 3.88. The Morgan fingerprint density at radius 3 is 2.82 bits per heavy atom. The van der Waals surface area contributed by atoms with Gasteiger partial charge < -0.3 is 4.74 Å². The molecule has 0 aliphatic carbocycles. The molecule has 0 unspecified atom stereocenters. The van der Waals surface area contributed by atoms with Crippen molar-refractivity contribution in [3.05, 3.63) is 51.6 Å². The Labute approximate surface area is 135 Å². The van der Waals surface area contributed by atoms with Gasteiger partial charge in [-0.15, -0.1) is 0 Å². The molecule has 2 heterocycles. The fourth-order valence-corrected chi connectivity index (χ4v) is 2.82. The third-order valence-electron chi connectivity index (χ3n) is 3.32. The summed E-state index contributed by atoms with van der Waals surface area (Å²) in [6, 6.07) is 9.62. The minimum Gasteiger partial charge on any atom is -0.494 e. The lowest BCUT2D eigenvalue weighted by atomic mass is 10.3. The van der Waals surface area contributed by atoms with Crippen LogP contribution in [0.25, 0.3) is 11.0 Å². The summed E-state index contributed by atoms with van der Waals surface area (Å²) >= 11 is 3.31. The van der Waals surface area contributed by atoms with Crippen LogP contribution in [0, 0.1) is 0 Å². The predicted octanol–water partition coefficient (Wildman–Crippen LogP) is 2.36. The van der Waals surface area contributed by atoms with Crippen molar-refractivity contribution in [3.63, 3.8) is 0 Å². The number of aromatic nitrogens is 4. The van der Waals surface area contributed by atoms with Gasteiger partial charge in [-0.1, -0.05) is 18.2 Å². The van der Waals surface area contributed by atoms with E-state index in [9.17, 15) is 4.79 Å². The number of hydrogen-bond donors (Lipinski definition) is 0. The summed E-state index contributed by atoms with van der Waals surface area (Å²) in [5.41, 5.74) is 0.485. The van der Waals surface area contributed by atoms with E-state index in [-0.39, 0.29) is 5.56 Å². The number of para-hydroxylation sites is 1. The average Bonchev–Trinajstić information content (AvgIpc) is 2.82. The van der Waals surface area contributed by atoms with E-state index in [4.69, 9.17) is 4.74 Å². The summed E-state index contributed by atoms with van der Waals surface area (Å²) in [7, 11) is 1.76. The largest absolute Gasteiger partial charge is 0.494 e. The van der Waals surface area contributed by atoms with Crippen LogP contribution < -0.4 is 10.3 Å².